The van der Waals surface area contributed by atoms with Gasteiger partial charge in [0.25, 0.3) is 11.8 Å². The van der Waals surface area contributed by atoms with Crippen molar-refractivity contribution in [3.63, 3.8) is 0 Å². The number of anilines is 1. The van der Waals surface area contributed by atoms with Crippen LogP contribution in [0.2, 0.25) is 0 Å². The number of nitrogens with one attached hydrogen (secondary N) is 1. The van der Waals surface area contributed by atoms with Crippen LogP contribution in [0.15, 0.2) is 51.9 Å². The first-order chi connectivity index (χ1) is 10.7. The molecule has 22 heavy (non-hydrogen) atoms. The van der Waals surface area contributed by atoms with Crippen LogP contribution >= 0.6 is 0 Å². The number of aromatic nitrogens is 2. The van der Waals surface area contributed by atoms with Gasteiger partial charge in [-0.05, 0) is 24.3 Å². The van der Waals surface area contributed by atoms with Crippen molar-refractivity contribution in [2.24, 2.45) is 5.73 Å². The molecule has 0 bridgehead atoms. The van der Waals surface area contributed by atoms with Gasteiger partial charge in [0.05, 0.1) is 6.26 Å². The highest BCUT2D eigenvalue weighted by Crippen LogP contribution is 2.28. The lowest BCUT2D eigenvalue weighted by Gasteiger charge is -2.01. The number of pyridine rings is 1. The second-order valence-corrected chi connectivity index (χ2v) is 4.27. The Labute approximate surface area is 123 Å². The first-order valence-electron chi connectivity index (χ1n) is 6.21. The average Bonchev–Trinajstić information content (AvgIpc) is 3.17. The summed E-state index contributed by atoms with van der Waals surface area (Å²) in [4.78, 5) is 27.5. The number of nitrogens with zero attached hydrogens (tertiary/aromatic N) is 2. The van der Waals surface area contributed by atoms with Crippen molar-refractivity contribution in [3.05, 3.63) is 54.2 Å². The fourth-order valence-electron chi connectivity index (χ4n) is 1.88. The summed E-state index contributed by atoms with van der Waals surface area (Å²) in [5, 5.41) is 6.20. The molecule has 3 rings (SSSR count). The maximum Gasteiger partial charge on any atom is 0.293 e. The highest BCUT2D eigenvalue weighted by molar-refractivity contribution is 6.08. The van der Waals surface area contributed by atoms with Crippen LogP contribution < -0.4 is 11.1 Å². The van der Waals surface area contributed by atoms with Gasteiger partial charge in [0, 0.05) is 18.0 Å². The Hall–Kier alpha value is -3.42. The molecule has 0 fully saturated rings. The number of primary amides is 1. The molecule has 0 aliphatic rings. The van der Waals surface area contributed by atoms with Crippen molar-refractivity contribution in [2.45, 2.75) is 0 Å². The number of carbonyl (C=O) groups excluding carboxylic acids is 2. The second kappa shape index (κ2) is 5.52. The van der Waals surface area contributed by atoms with Crippen LogP contribution in [0.1, 0.15) is 20.9 Å². The third-order valence-electron chi connectivity index (χ3n) is 2.86. The Morgan fingerprint density at radius 3 is 2.59 bits per heavy atom. The standard InChI is InChI=1S/C14H10N4O4/c15-12(19)10-11(8-3-5-16-6-4-8)18-22-14(10)17-13(20)9-2-1-7-21-9/h1-7H,(H2,15,19)(H,17,20). The molecule has 3 aromatic rings. The predicted octanol–water partition coefficient (Wildman–Crippen LogP) is 1.68. The predicted molar refractivity (Wildman–Crippen MR) is 74.9 cm³/mol. The van der Waals surface area contributed by atoms with Crippen LogP contribution in [-0.4, -0.2) is 22.0 Å². The SMILES string of the molecule is NC(=O)c1c(-c2ccncc2)noc1NC(=O)c1ccco1. The van der Waals surface area contributed by atoms with E-state index < -0.39 is 11.8 Å². The highest BCUT2D eigenvalue weighted by Gasteiger charge is 2.24. The average molecular weight is 298 g/mol. The number of nitrogens with two attached hydrogens (primary N) is 1. The molecule has 0 aliphatic carbocycles. The number of rotatable bonds is 4. The Morgan fingerprint density at radius 2 is 1.95 bits per heavy atom. The molecule has 0 saturated heterocycles. The summed E-state index contributed by atoms with van der Waals surface area (Å²) in [7, 11) is 0. The maximum atomic E-state index is 11.9. The first kappa shape index (κ1) is 13.6. The fourth-order valence-corrected chi connectivity index (χ4v) is 1.88. The van der Waals surface area contributed by atoms with Crippen molar-refractivity contribution in [2.75, 3.05) is 5.32 Å². The van der Waals surface area contributed by atoms with E-state index in [4.69, 9.17) is 14.7 Å². The van der Waals surface area contributed by atoms with E-state index in [-0.39, 0.29) is 22.9 Å². The summed E-state index contributed by atoms with van der Waals surface area (Å²) in [5.74, 6) is -1.43. The van der Waals surface area contributed by atoms with Crippen LogP contribution in [0.4, 0.5) is 5.88 Å². The minimum Gasteiger partial charge on any atom is -0.459 e. The zero-order valence-corrected chi connectivity index (χ0v) is 11.1. The molecule has 8 nitrogen and oxygen atoms in total. The fraction of sp³-hybridized carbons (Fsp3) is 0. The van der Waals surface area contributed by atoms with E-state index in [1.807, 2.05) is 0 Å². The molecule has 3 N–H and O–H groups in total. The maximum absolute atomic E-state index is 11.9. The molecule has 2 amide bonds. The van der Waals surface area contributed by atoms with Gasteiger partial charge < -0.3 is 14.7 Å². The lowest BCUT2D eigenvalue weighted by Crippen LogP contribution is -2.17. The molecule has 0 spiro atoms. The van der Waals surface area contributed by atoms with Gasteiger partial charge in [-0.2, -0.15) is 0 Å². The van der Waals surface area contributed by atoms with Crippen molar-refractivity contribution in [1.29, 1.82) is 0 Å². The number of hydrogen-bond acceptors (Lipinski definition) is 6. The molecule has 3 heterocycles. The normalized spacial score (nSPS) is 10.4. The first-order valence-corrected chi connectivity index (χ1v) is 6.21. The topological polar surface area (TPSA) is 124 Å². The van der Waals surface area contributed by atoms with Crippen LogP contribution in [0, 0.1) is 0 Å². The molecule has 110 valence electrons. The third kappa shape index (κ3) is 2.44. The number of amides is 2. The van der Waals surface area contributed by atoms with E-state index in [2.05, 4.69) is 15.5 Å². The number of hydrogen-bond donors (Lipinski definition) is 2. The molecule has 0 aromatic carbocycles. The van der Waals surface area contributed by atoms with Crippen molar-refractivity contribution in [3.8, 4) is 11.3 Å². The van der Waals surface area contributed by atoms with Gasteiger partial charge in [-0.25, -0.2) is 0 Å². The van der Waals surface area contributed by atoms with E-state index in [0.717, 1.165) is 0 Å². The molecule has 0 saturated carbocycles. The molecule has 0 atom stereocenters. The molecule has 0 radical (unpaired) electrons. The summed E-state index contributed by atoms with van der Waals surface area (Å²) in [5.41, 5.74) is 6.16. The molecule has 3 aromatic heterocycles. The van der Waals surface area contributed by atoms with E-state index in [1.165, 1.54) is 24.7 Å². The van der Waals surface area contributed by atoms with Gasteiger partial charge in [-0.3, -0.25) is 19.9 Å². The highest BCUT2D eigenvalue weighted by atomic mass is 16.5. The zero-order valence-electron chi connectivity index (χ0n) is 11.1. The zero-order chi connectivity index (χ0) is 15.5. The number of carbonyl (C=O) groups is 2. The van der Waals surface area contributed by atoms with Crippen LogP contribution in [-0.2, 0) is 0 Å². The summed E-state index contributed by atoms with van der Waals surface area (Å²) >= 11 is 0. The Balaban J connectivity index is 1.97. The van der Waals surface area contributed by atoms with Crippen LogP contribution in [0.3, 0.4) is 0 Å². The number of furan rings is 1. The van der Waals surface area contributed by atoms with Gasteiger partial charge in [-0.15, -0.1) is 0 Å². The van der Waals surface area contributed by atoms with Gasteiger partial charge in [0.1, 0.15) is 11.3 Å². The van der Waals surface area contributed by atoms with Crippen molar-refractivity contribution >= 4 is 17.7 Å². The Morgan fingerprint density at radius 1 is 1.18 bits per heavy atom. The molecular formula is C14H10N4O4. The third-order valence-corrected chi connectivity index (χ3v) is 2.86. The molecule has 8 heteroatoms. The second-order valence-electron chi connectivity index (χ2n) is 4.27. The quantitative estimate of drug-likeness (QED) is 0.755. The summed E-state index contributed by atoms with van der Waals surface area (Å²) in [6.07, 6.45) is 4.43. The van der Waals surface area contributed by atoms with Gasteiger partial charge in [0.2, 0.25) is 5.88 Å². The summed E-state index contributed by atoms with van der Waals surface area (Å²) < 4.78 is 10.00. The monoisotopic (exact) mass is 298 g/mol. The van der Waals surface area contributed by atoms with E-state index >= 15 is 0 Å². The molecule has 0 aliphatic heterocycles. The lowest BCUT2D eigenvalue weighted by atomic mass is 10.1. The Kier molecular flexibility index (Phi) is 3.40. The smallest absolute Gasteiger partial charge is 0.293 e. The van der Waals surface area contributed by atoms with E-state index in [9.17, 15) is 9.59 Å². The van der Waals surface area contributed by atoms with Gasteiger partial charge in [0.15, 0.2) is 5.76 Å². The molecule has 0 unspecified atom stereocenters. The largest absolute Gasteiger partial charge is 0.459 e. The Bertz CT molecular complexity index is 809. The minimum atomic E-state index is -0.775. The van der Waals surface area contributed by atoms with Crippen molar-refractivity contribution in [1.82, 2.24) is 10.1 Å². The van der Waals surface area contributed by atoms with E-state index in [1.54, 1.807) is 18.2 Å². The molecular weight excluding hydrogens is 288 g/mol. The van der Waals surface area contributed by atoms with Gasteiger partial charge in [-0.1, -0.05) is 5.16 Å². The summed E-state index contributed by atoms with van der Waals surface area (Å²) in [6.45, 7) is 0. The van der Waals surface area contributed by atoms with Gasteiger partial charge >= 0.3 is 0 Å². The minimum absolute atomic E-state index is 0.0221. The van der Waals surface area contributed by atoms with Crippen molar-refractivity contribution < 1.29 is 18.5 Å². The van der Waals surface area contributed by atoms with Crippen LogP contribution in [0.5, 0.6) is 0 Å². The van der Waals surface area contributed by atoms with Crippen LogP contribution in [0.25, 0.3) is 11.3 Å². The lowest BCUT2D eigenvalue weighted by molar-refractivity contribution is 0.0993. The van der Waals surface area contributed by atoms with E-state index in [0.29, 0.717) is 5.56 Å². The summed E-state index contributed by atoms with van der Waals surface area (Å²) in [6, 6.07) is 6.32.